The van der Waals surface area contributed by atoms with E-state index in [9.17, 15) is 9.59 Å². The molecule has 2 aromatic rings. The van der Waals surface area contributed by atoms with Crippen molar-refractivity contribution in [2.45, 2.75) is 19.3 Å². The van der Waals surface area contributed by atoms with Crippen molar-refractivity contribution in [3.8, 4) is 0 Å². The number of H-pyrrole nitrogens is 2. The summed E-state index contributed by atoms with van der Waals surface area (Å²) >= 11 is 0. The van der Waals surface area contributed by atoms with Crippen LogP contribution in [0.25, 0.3) is 0 Å². The van der Waals surface area contributed by atoms with Crippen molar-refractivity contribution in [1.82, 2.24) is 15.2 Å². The highest BCUT2D eigenvalue weighted by Crippen LogP contribution is 2.46. The molecule has 0 saturated carbocycles. The Morgan fingerprint density at radius 3 is 2.75 bits per heavy atom. The van der Waals surface area contributed by atoms with Crippen LogP contribution in [-0.4, -0.2) is 28.4 Å². The second-order valence-electron chi connectivity index (χ2n) is 6.00. The number of rotatable bonds is 3. The molecule has 0 aliphatic carbocycles. The summed E-state index contributed by atoms with van der Waals surface area (Å²) in [6, 6.07) is 8.24. The van der Waals surface area contributed by atoms with Crippen LogP contribution in [0.15, 0.2) is 50.7 Å². The summed E-state index contributed by atoms with van der Waals surface area (Å²) in [6.07, 6.45) is 3.44. The number of hydrogen-bond acceptors (Lipinski definition) is 6. The molecule has 8 heteroatoms. The fourth-order valence-corrected chi connectivity index (χ4v) is 2.93. The highest BCUT2D eigenvalue weighted by atomic mass is 16.2. The minimum atomic E-state index is -0.663. The van der Waals surface area contributed by atoms with E-state index >= 15 is 0 Å². The van der Waals surface area contributed by atoms with E-state index in [1.165, 1.54) is 5.56 Å². The van der Waals surface area contributed by atoms with E-state index in [0.717, 1.165) is 11.4 Å². The summed E-state index contributed by atoms with van der Waals surface area (Å²) in [5.74, 6) is -0.0772. The summed E-state index contributed by atoms with van der Waals surface area (Å²) in [6.45, 7) is 4.30. The van der Waals surface area contributed by atoms with Gasteiger partial charge in [0, 0.05) is 30.1 Å². The number of nitrogens with one attached hydrogen (secondary N) is 3. The van der Waals surface area contributed by atoms with Gasteiger partial charge >= 0.3 is 5.69 Å². The first-order valence-electron chi connectivity index (χ1n) is 7.43. The molecule has 124 valence electrons. The Balaban J connectivity index is 1.82. The van der Waals surface area contributed by atoms with Crippen molar-refractivity contribution in [3.05, 3.63) is 62.4 Å². The number of aromatic nitrogens is 3. The molecule has 0 bridgehead atoms. The van der Waals surface area contributed by atoms with Crippen LogP contribution in [0.4, 0.5) is 11.5 Å². The minimum absolute atomic E-state index is 0.0772. The third kappa shape index (κ3) is 2.62. The average Bonchev–Trinajstić information content (AvgIpc) is 2.74. The number of hydrazone groups is 1. The molecule has 0 radical (unpaired) electrons. The number of likely N-dealkylation sites (N-methyl/N-ethyl adjacent to an activating group) is 1. The molecular formula is C16H18N6O2. The van der Waals surface area contributed by atoms with Gasteiger partial charge in [0.2, 0.25) is 5.82 Å². The summed E-state index contributed by atoms with van der Waals surface area (Å²) < 4.78 is 0. The molecule has 3 rings (SSSR count). The molecule has 2 heterocycles. The predicted molar refractivity (Wildman–Crippen MR) is 93.5 cm³/mol. The minimum Gasteiger partial charge on any atom is -0.347 e. The van der Waals surface area contributed by atoms with Crippen LogP contribution in [-0.2, 0) is 5.41 Å². The van der Waals surface area contributed by atoms with Crippen LogP contribution >= 0.6 is 0 Å². The zero-order chi connectivity index (χ0) is 17.3. The average molecular weight is 326 g/mol. The SMILES string of the molecule is CN1/C(=C/C=NNc2n[nH]c(=O)[nH]c2=O)C(C)(C)c2ccccc21. The van der Waals surface area contributed by atoms with Crippen LogP contribution in [0.1, 0.15) is 19.4 Å². The van der Waals surface area contributed by atoms with E-state index in [2.05, 4.69) is 56.6 Å². The van der Waals surface area contributed by atoms with Crippen molar-refractivity contribution in [2.24, 2.45) is 5.10 Å². The summed E-state index contributed by atoms with van der Waals surface area (Å²) in [5.41, 5.74) is 4.56. The van der Waals surface area contributed by atoms with E-state index < -0.39 is 11.2 Å². The van der Waals surface area contributed by atoms with Gasteiger partial charge in [0.15, 0.2) is 0 Å². The van der Waals surface area contributed by atoms with Gasteiger partial charge in [0.1, 0.15) is 0 Å². The maximum Gasteiger partial charge on any atom is 0.342 e. The molecule has 1 aliphatic heterocycles. The Bertz CT molecular complexity index is 938. The molecule has 3 N–H and O–H groups in total. The smallest absolute Gasteiger partial charge is 0.342 e. The summed E-state index contributed by atoms with van der Waals surface area (Å²) in [4.78, 5) is 26.6. The lowest BCUT2D eigenvalue weighted by Gasteiger charge is -2.23. The third-order valence-electron chi connectivity index (χ3n) is 4.13. The second-order valence-corrected chi connectivity index (χ2v) is 6.00. The summed E-state index contributed by atoms with van der Waals surface area (Å²) in [7, 11) is 2.01. The number of benzene rings is 1. The molecule has 8 nitrogen and oxygen atoms in total. The molecule has 0 spiro atoms. The number of nitrogens with zero attached hydrogens (tertiary/aromatic N) is 3. The van der Waals surface area contributed by atoms with Crippen LogP contribution in [0.3, 0.4) is 0 Å². The van der Waals surface area contributed by atoms with Gasteiger partial charge in [-0.15, -0.1) is 5.10 Å². The largest absolute Gasteiger partial charge is 0.347 e. The van der Waals surface area contributed by atoms with E-state index in [4.69, 9.17) is 0 Å². The topological polar surface area (TPSA) is 106 Å². The molecule has 0 fully saturated rings. The molecule has 1 aliphatic rings. The van der Waals surface area contributed by atoms with Gasteiger partial charge in [-0.05, 0) is 17.7 Å². The van der Waals surface area contributed by atoms with Crippen molar-refractivity contribution >= 4 is 17.7 Å². The monoisotopic (exact) mass is 326 g/mol. The number of para-hydroxylation sites is 1. The van der Waals surface area contributed by atoms with Crippen molar-refractivity contribution < 1.29 is 0 Å². The third-order valence-corrected chi connectivity index (χ3v) is 4.13. The molecule has 0 saturated heterocycles. The molecule has 0 atom stereocenters. The normalized spacial score (nSPS) is 17.5. The van der Waals surface area contributed by atoms with Gasteiger partial charge in [-0.2, -0.15) is 5.10 Å². The summed E-state index contributed by atoms with van der Waals surface area (Å²) in [5, 5.41) is 9.70. The molecule has 24 heavy (non-hydrogen) atoms. The van der Waals surface area contributed by atoms with E-state index in [1.807, 2.05) is 25.3 Å². The number of aromatic amines is 2. The quantitative estimate of drug-likeness (QED) is 0.580. The first kappa shape index (κ1) is 15.7. The van der Waals surface area contributed by atoms with Crippen LogP contribution in [0.2, 0.25) is 0 Å². The second kappa shape index (κ2) is 5.80. The lowest BCUT2D eigenvalue weighted by molar-refractivity contribution is 0.641. The van der Waals surface area contributed by atoms with Gasteiger partial charge in [0.25, 0.3) is 5.56 Å². The zero-order valence-electron chi connectivity index (χ0n) is 13.6. The van der Waals surface area contributed by atoms with Gasteiger partial charge in [-0.25, -0.2) is 9.89 Å². The van der Waals surface area contributed by atoms with Crippen molar-refractivity contribution in [3.63, 3.8) is 0 Å². The zero-order valence-corrected chi connectivity index (χ0v) is 13.6. The van der Waals surface area contributed by atoms with E-state index in [-0.39, 0.29) is 11.2 Å². The van der Waals surface area contributed by atoms with Crippen LogP contribution in [0, 0.1) is 0 Å². The Hall–Kier alpha value is -3.16. The number of fused-ring (bicyclic) bond motifs is 1. The molecule has 0 amide bonds. The number of anilines is 2. The highest BCUT2D eigenvalue weighted by molar-refractivity contribution is 5.79. The maximum absolute atomic E-state index is 11.5. The highest BCUT2D eigenvalue weighted by Gasteiger charge is 2.37. The van der Waals surface area contributed by atoms with Gasteiger partial charge in [0.05, 0.1) is 0 Å². The Morgan fingerprint density at radius 1 is 1.29 bits per heavy atom. The van der Waals surface area contributed by atoms with E-state index in [0.29, 0.717) is 0 Å². The molecule has 0 unspecified atom stereocenters. The van der Waals surface area contributed by atoms with Gasteiger partial charge in [-0.3, -0.25) is 15.2 Å². The van der Waals surface area contributed by atoms with Gasteiger partial charge in [-0.1, -0.05) is 32.0 Å². The Morgan fingerprint density at radius 2 is 2.04 bits per heavy atom. The maximum atomic E-state index is 11.5. The van der Waals surface area contributed by atoms with Crippen molar-refractivity contribution in [2.75, 3.05) is 17.4 Å². The lowest BCUT2D eigenvalue weighted by Crippen LogP contribution is -2.25. The number of allylic oxidation sites excluding steroid dienone is 2. The predicted octanol–water partition coefficient (Wildman–Crippen LogP) is 1.17. The molecule has 1 aromatic carbocycles. The fourth-order valence-electron chi connectivity index (χ4n) is 2.93. The Kier molecular flexibility index (Phi) is 3.80. The van der Waals surface area contributed by atoms with Crippen LogP contribution < -0.4 is 21.6 Å². The molecular weight excluding hydrogens is 308 g/mol. The van der Waals surface area contributed by atoms with Gasteiger partial charge < -0.3 is 4.90 Å². The standard InChI is InChI=1S/C16H18N6O2/c1-16(2)10-6-4-5-7-11(10)22(3)12(16)8-9-17-19-13-14(23)18-15(24)21-20-13/h4-9H,1-3H3,(H,19,20)(H2,18,21,23,24)/b12-8+,17-9?. The number of hydrogen-bond donors (Lipinski definition) is 3. The lowest BCUT2D eigenvalue weighted by atomic mass is 9.84. The molecule has 1 aromatic heterocycles. The fraction of sp³-hybridized carbons (Fsp3) is 0.250. The van der Waals surface area contributed by atoms with Crippen LogP contribution in [0.5, 0.6) is 0 Å². The first-order valence-corrected chi connectivity index (χ1v) is 7.43. The Labute approximate surface area is 137 Å². The van der Waals surface area contributed by atoms with E-state index in [1.54, 1.807) is 6.21 Å². The first-order chi connectivity index (χ1) is 11.4. The van der Waals surface area contributed by atoms with Crippen molar-refractivity contribution in [1.29, 1.82) is 0 Å².